The largest absolute Gasteiger partial charge is 0.492 e. The Balaban J connectivity index is 2.15. The van der Waals surface area contributed by atoms with Gasteiger partial charge in [0.15, 0.2) is 0 Å². The van der Waals surface area contributed by atoms with E-state index in [1.54, 1.807) is 24.3 Å². The first-order valence-electron chi connectivity index (χ1n) is 7.13. The van der Waals surface area contributed by atoms with Gasteiger partial charge in [0.2, 0.25) is 5.91 Å². The highest BCUT2D eigenvalue weighted by atomic mass is 35.5. The van der Waals surface area contributed by atoms with Gasteiger partial charge < -0.3 is 15.0 Å². The van der Waals surface area contributed by atoms with Crippen LogP contribution in [0.1, 0.15) is 13.8 Å². The summed E-state index contributed by atoms with van der Waals surface area (Å²) in [6.45, 7) is 6.69. The van der Waals surface area contributed by atoms with Crippen molar-refractivity contribution in [1.82, 2.24) is 10.2 Å². The molecule has 0 fully saturated rings. The topological polar surface area (TPSA) is 41.6 Å². The number of nitrogens with one attached hydrogen (secondary N) is 1. The van der Waals surface area contributed by atoms with E-state index in [-0.39, 0.29) is 5.91 Å². The van der Waals surface area contributed by atoms with Gasteiger partial charge in [-0.3, -0.25) is 4.79 Å². The summed E-state index contributed by atoms with van der Waals surface area (Å²) in [5.41, 5.74) is 0. The maximum atomic E-state index is 11.7. The molecule has 0 aliphatic rings. The standard InChI is InChI=1S/C15H21ClN2O2S2/c1-3-18(4-2)15(21)22-11-14(19)17-9-10-20-13-7-5-12(16)6-8-13/h5-8H,3-4,9-11H2,1-2H3,(H,17,19). The molecule has 0 aromatic heterocycles. The lowest BCUT2D eigenvalue weighted by Crippen LogP contribution is -2.32. The highest BCUT2D eigenvalue weighted by Crippen LogP contribution is 2.15. The molecule has 0 saturated carbocycles. The lowest BCUT2D eigenvalue weighted by atomic mass is 10.3. The molecule has 0 aliphatic heterocycles. The third-order valence-electron chi connectivity index (χ3n) is 2.85. The van der Waals surface area contributed by atoms with Crippen molar-refractivity contribution >= 4 is 45.8 Å². The minimum Gasteiger partial charge on any atom is -0.492 e. The molecule has 0 aliphatic carbocycles. The van der Waals surface area contributed by atoms with E-state index in [9.17, 15) is 4.79 Å². The third kappa shape index (κ3) is 7.33. The van der Waals surface area contributed by atoms with E-state index in [0.29, 0.717) is 23.9 Å². The van der Waals surface area contributed by atoms with Gasteiger partial charge in [-0.15, -0.1) is 0 Å². The average molecular weight is 361 g/mol. The number of nitrogens with zero attached hydrogens (tertiary/aromatic N) is 1. The maximum absolute atomic E-state index is 11.7. The van der Waals surface area contributed by atoms with Crippen molar-refractivity contribution in [2.45, 2.75) is 13.8 Å². The molecule has 1 rings (SSSR count). The molecule has 1 aromatic rings. The van der Waals surface area contributed by atoms with Crippen LogP contribution in [0.3, 0.4) is 0 Å². The summed E-state index contributed by atoms with van der Waals surface area (Å²) in [6.07, 6.45) is 0. The van der Waals surface area contributed by atoms with Gasteiger partial charge in [0, 0.05) is 18.1 Å². The fraction of sp³-hybridized carbons (Fsp3) is 0.467. The van der Waals surface area contributed by atoms with E-state index in [0.717, 1.165) is 23.2 Å². The highest BCUT2D eigenvalue weighted by molar-refractivity contribution is 8.23. The number of thiocarbonyl (C=S) groups is 1. The van der Waals surface area contributed by atoms with Crippen molar-refractivity contribution in [2.24, 2.45) is 0 Å². The molecule has 1 amide bonds. The third-order valence-corrected chi connectivity index (χ3v) is 4.63. The van der Waals surface area contributed by atoms with Crippen LogP contribution in [-0.2, 0) is 4.79 Å². The molecule has 122 valence electrons. The molecule has 4 nitrogen and oxygen atoms in total. The molecule has 0 atom stereocenters. The van der Waals surface area contributed by atoms with E-state index in [1.165, 1.54) is 11.8 Å². The van der Waals surface area contributed by atoms with Crippen LogP contribution in [0.25, 0.3) is 0 Å². The highest BCUT2D eigenvalue weighted by Gasteiger charge is 2.08. The molecule has 22 heavy (non-hydrogen) atoms. The first-order valence-corrected chi connectivity index (χ1v) is 8.90. The van der Waals surface area contributed by atoms with Crippen LogP contribution in [0.2, 0.25) is 5.02 Å². The van der Waals surface area contributed by atoms with E-state index < -0.39 is 0 Å². The number of hydrogen-bond donors (Lipinski definition) is 1. The number of halogens is 1. The molecule has 0 saturated heterocycles. The Morgan fingerprint density at radius 1 is 1.32 bits per heavy atom. The number of hydrogen-bond acceptors (Lipinski definition) is 4. The zero-order valence-corrected chi connectivity index (χ0v) is 15.2. The second-order valence-electron chi connectivity index (χ2n) is 4.38. The first kappa shape index (κ1) is 19.1. The lowest BCUT2D eigenvalue weighted by molar-refractivity contribution is -0.118. The van der Waals surface area contributed by atoms with Crippen LogP contribution in [0, 0.1) is 0 Å². The number of amides is 1. The zero-order chi connectivity index (χ0) is 16.4. The summed E-state index contributed by atoms with van der Waals surface area (Å²) in [4.78, 5) is 13.8. The van der Waals surface area contributed by atoms with Crippen LogP contribution in [0.4, 0.5) is 0 Å². The Hall–Kier alpha value is -0.980. The van der Waals surface area contributed by atoms with E-state index in [2.05, 4.69) is 10.2 Å². The SMILES string of the molecule is CCN(CC)C(=S)SCC(=O)NCCOc1ccc(Cl)cc1. The summed E-state index contributed by atoms with van der Waals surface area (Å²) in [6, 6.07) is 7.12. The van der Waals surface area contributed by atoms with Crippen molar-refractivity contribution in [3.8, 4) is 5.75 Å². The smallest absolute Gasteiger partial charge is 0.230 e. The molecule has 7 heteroatoms. The van der Waals surface area contributed by atoms with Gasteiger partial charge in [-0.2, -0.15) is 0 Å². The monoisotopic (exact) mass is 360 g/mol. The molecule has 0 bridgehead atoms. The Labute approximate surface area is 146 Å². The fourth-order valence-electron chi connectivity index (χ4n) is 1.64. The number of benzene rings is 1. The molecule has 1 N–H and O–H groups in total. The summed E-state index contributed by atoms with van der Waals surface area (Å²) < 4.78 is 6.26. The second-order valence-corrected chi connectivity index (χ2v) is 6.42. The van der Waals surface area contributed by atoms with Crippen molar-refractivity contribution in [1.29, 1.82) is 0 Å². The van der Waals surface area contributed by atoms with Crippen molar-refractivity contribution < 1.29 is 9.53 Å². The molecule has 0 unspecified atom stereocenters. The second kappa shape index (κ2) is 10.7. The van der Waals surface area contributed by atoms with Gasteiger partial charge >= 0.3 is 0 Å². The molecule has 1 aromatic carbocycles. The summed E-state index contributed by atoms with van der Waals surface area (Å²) in [5, 5.41) is 3.47. The Bertz CT molecular complexity index is 479. The summed E-state index contributed by atoms with van der Waals surface area (Å²) in [7, 11) is 0. The van der Waals surface area contributed by atoms with Crippen molar-refractivity contribution in [3.63, 3.8) is 0 Å². The Kier molecular flexibility index (Phi) is 9.27. The van der Waals surface area contributed by atoms with Crippen LogP contribution in [-0.4, -0.2) is 47.1 Å². The lowest BCUT2D eigenvalue weighted by Gasteiger charge is -2.20. The van der Waals surface area contributed by atoms with Crippen molar-refractivity contribution in [2.75, 3.05) is 32.0 Å². The number of thioether (sulfide) groups is 1. The van der Waals surface area contributed by atoms with Gasteiger partial charge in [0.25, 0.3) is 0 Å². The minimum absolute atomic E-state index is 0.0424. The van der Waals surface area contributed by atoms with Gasteiger partial charge in [0.1, 0.15) is 16.7 Å². The molecule has 0 spiro atoms. The van der Waals surface area contributed by atoms with Crippen LogP contribution in [0.15, 0.2) is 24.3 Å². The average Bonchev–Trinajstić information content (AvgIpc) is 2.52. The normalized spacial score (nSPS) is 10.1. The van der Waals surface area contributed by atoms with Crippen LogP contribution < -0.4 is 10.1 Å². The number of carbonyl (C=O) groups excluding carboxylic acids is 1. The van der Waals surface area contributed by atoms with Crippen LogP contribution in [0.5, 0.6) is 5.75 Å². The summed E-state index contributed by atoms with van der Waals surface area (Å²) in [5.74, 6) is 1.02. The predicted octanol–water partition coefficient (Wildman–Crippen LogP) is 3.19. The quantitative estimate of drug-likeness (QED) is 0.569. The van der Waals surface area contributed by atoms with E-state index >= 15 is 0 Å². The minimum atomic E-state index is -0.0424. The Morgan fingerprint density at radius 2 is 1.95 bits per heavy atom. The van der Waals surface area contributed by atoms with Crippen LogP contribution >= 0.6 is 35.6 Å². The fourth-order valence-corrected chi connectivity index (χ4v) is 3.00. The number of rotatable bonds is 8. The predicted molar refractivity (Wildman–Crippen MR) is 97.9 cm³/mol. The summed E-state index contributed by atoms with van der Waals surface area (Å²) >= 11 is 12.5. The maximum Gasteiger partial charge on any atom is 0.230 e. The Morgan fingerprint density at radius 3 is 2.55 bits per heavy atom. The van der Waals surface area contributed by atoms with Gasteiger partial charge in [-0.25, -0.2) is 0 Å². The zero-order valence-electron chi connectivity index (χ0n) is 12.8. The molecular formula is C15H21ClN2O2S2. The first-order chi connectivity index (χ1) is 10.6. The molecular weight excluding hydrogens is 340 g/mol. The van der Waals surface area contributed by atoms with E-state index in [4.69, 9.17) is 28.6 Å². The van der Waals surface area contributed by atoms with Gasteiger partial charge in [-0.1, -0.05) is 35.6 Å². The molecule has 0 radical (unpaired) electrons. The number of carbonyl (C=O) groups is 1. The van der Waals surface area contributed by atoms with Gasteiger partial charge in [-0.05, 0) is 38.1 Å². The van der Waals surface area contributed by atoms with Crippen molar-refractivity contribution in [3.05, 3.63) is 29.3 Å². The molecule has 0 heterocycles. The van der Waals surface area contributed by atoms with Gasteiger partial charge in [0.05, 0.1) is 12.3 Å². The van der Waals surface area contributed by atoms with E-state index in [1.807, 2.05) is 13.8 Å². The number of ether oxygens (including phenoxy) is 1.